The molecule has 0 aromatic heterocycles. The van der Waals surface area contributed by atoms with Crippen molar-refractivity contribution in [2.45, 2.75) is 26.2 Å². The zero-order chi connectivity index (χ0) is 14.1. The van der Waals surface area contributed by atoms with E-state index < -0.39 is 5.97 Å². The van der Waals surface area contributed by atoms with Crippen LogP contribution in [0.3, 0.4) is 0 Å². The van der Waals surface area contributed by atoms with Gasteiger partial charge in [-0.05, 0) is 19.4 Å². The Morgan fingerprint density at radius 1 is 1.11 bits per heavy atom. The lowest BCUT2D eigenvalue weighted by Gasteiger charge is -2.20. The second kappa shape index (κ2) is 8.87. The van der Waals surface area contributed by atoms with E-state index in [1.54, 1.807) is 0 Å². The minimum atomic E-state index is -0.786. The van der Waals surface area contributed by atoms with Gasteiger partial charge in [0.25, 0.3) is 0 Å². The molecular formula is C13H25N3O3. The van der Waals surface area contributed by atoms with Gasteiger partial charge in [0.2, 0.25) is 5.91 Å². The van der Waals surface area contributed by atoms with E-state index in [2.05, 4.69) is 17.1 Å². The number of nitrogens with one attached hydrogen (secondary N) is 1. The quantitative estimate of drug-likeness (QED) is 0.637. The first-order valence-electron chi connectivity index (χ1n) is 7.05. The number of carboxylic acids is 1. The number of nitrogens with zero attached hydrogens (tertiary/aromatic N) is 2. The number of carbonyl (C=O) groups is 2. The highest BCUT2D eigenvalue weighted by Gasteiger charge is 2.18. The zero-order valence-electron chi connectivity index (χ0n) is 11.7. The molecule has 0 aromatic rings. The van der Waals surface area contributed by atoms with Crippen LogP contribution in [-0.2, 0) is 9.59 Å². The van der Waals surface area contributed by atoms with Gasteiger partial charge < -0.3 is 10.4 Å². The number of unbranched alkanes of at least 4 members (excludes halogenated alkanes) is 1. The van der Waals surface area contributed by atoms with Crippen molar-refractivity contribution in [2.75, 3.05) is 45.8 Å². The molecule has 110 valence electrons. The smallest absolute Gasteiger partial charge is 0.317 e. The standard InChI is InChI=1S/C13H25N3O3/c1-2-3-5-14-12(17)10-15-6-4-7-16(9-8-15)11-13(18)19/h2-11H2,1H3,(H,14,17)(H,18,19). The van der Waals surface area contributed by atoms with Gasteiger partial charge >= 0.3 is 5.97 Å². The fraction of sp³-hybridized carbons (Fsp3) is 0.846. The van der Waals surface area contributed by atoms with Gasteiger partial charge in [0.15, 0.2) is 0 Å². The van der Waals surface area contributed by atoms with Crippen LogP contribution in [0, 0.1) is 0 Å². The summed E-state index contributed by atoms with van der Waals surface area (Å²) in [6.07, 6.45) is 3.00. The van der Waals surface area contributed by atoms with E-state index in [9.17, 15) is 9.59 Å². The summed E-state index contributed by atoms with van der Waals surface area (Å²) in [6, 6.07) is 0. The second-order valence-electron chi connectivity index (χ2n) is 5.00. The van der Waals surface area contributed by atoms with E-state index in [0.29, 0.717) is 13.1 Å². The molecule has 0 spiro atoms. The normalized spacial score (nSPS) is 17.9. The summed E-state index contributed by atoms with van der Waals surface area (Å²) in [5.74, 6) is -0.717. The SMILES string of the molecule is CCCCNC(=O)CN1CCCN(CC(=O)O)CC1. The van der Waals surface area contributed by atoms with Crippen LogP contribution in [0.2, 0.25) is 0 Å². The second-order valence-corrected chi connectivity index (χ2v) is 5.00. The predicted octanol–water partition coefficient (Wildman–Crippen LogP) is -0.00500. The Morgan fingerprint density at radius 3 is 2.32 bits per heavy atom. The maximum Gasteiger partial charge on any atom is 0.317 e. The highest BCUT2D eigenvalue weighted by molar-refractivity contribution is 5.77. The largest absolute Gasteiger partial charge is 0.480 e. The molecule has 1 saturated heterocycles. The van der Waals surface area contributed by atoms with Crippen molar-refractivity contribution in [1.29, 1.82) is 0 Å². The topological polar surface area (TPSA) is 72.9 Å². The lowest BCUT2D eigenvalue weighted by Crippen LogP contribution is -2.40. The molecule has 1 aliphatic rings. The van der Waals surface area contributed by atoms with Crippen LogP contribution in [-0.4, -0.2) is 72.6 Å². The first-order valence-corrected chi connectivity index (χ1v) is 7.05. The summed E-state index contributed by atoms with van der Waals surface area (Å²) in [7, 11) is 0. The van der Waals surface area contributed by atoms with Crippen molar-refractivity contribution in [1.82, 2.24) is 15.1 Å². The van der Waals surface area contributed by atoms with Gasteiger partial charge in [0.05, 0.1) is 13.1 Å². The minimum Gasteiger partial charge on any atom is -0.480 e. The Hall–Kier alpha value is -1.14. The Kier molecular flexibility index (Phi) is 7.43. The molecule has 19 heavy (non-hydrogen) atoms. The van der Waals surface area contributed by atoms with E-state index in [1.165, 1.54) is 0 Å². The van der Waals surface area contributed by atoms with Crippen molar-refractivity contribution >= 4 is 11.9 Å². The molecule has 0 aromatic carbocycles. The third-order valence-electron chi connectivity index (χ3n) is 3.26. The molecule has 6 heteroatoms. The van der Waals surface area contributed by atoms with Gasteiger partial charge in [-0.15, -0.1) is 0 Å². The Morgan fingerprint density at radius 2 is 1.74 bits per heavy atom. The van der Waals surface area contributed by atoms with Crippen molar-refractivity contribution in [3.63, 3.8) is 0 Å². The Balaban J connectivity index is 2.24. The van der Waals surface area contributed by atoms with Crippen molar-refractivity contribution in [3.8, 4) is 0 Å². The van der Waals surface area contributed by atoms with Crippen LogP contribution in [0.25, 0.3) is 0 Å². The molecule has 6 nitrogen and oxygen atoms in total. The molecule has 0 radical (unpaired) electrons. The first kappa shape index (κ1) is 15.9. The predicted molar refractivity (Wildman–Crippen MR) is 73.1 cm³/mol. The van der Waals surface area contributed by atoms with Gasteiger partial charge in [-0.2, -0.15) is 0 Å². The molecule has 2 N–H and O–H groups in total. The van der Waals surface area contributed by atoms with E-state index in [1.807, 2.05) is 4.90 Å². The summed E-state index contributed by atoms with van der Waals surface area (Å²) >= 11 is 0. The van der Waals surface area contributed by atoms with Gasteiger partial charge in [0.1, 0.15) is 0 Å². The maximum absolute atomic E-state index is 11.7. The molecule has 0 bridgehead atoms. The van der Waals surface area contributed by atoms with E-state index in [4.69, 9.17) is 5.11 Å². The van der Waals surface area contributed by atoms with Gasteiger partial charge in [-0.3, -0.25) is 19.4 Å². The highest BCUT2D eigenvalue weighted by Crippen LogP contribution is 2.02. The van der Waals surface area contributed by atoms with Crippen molar-refractivity contribution in [2.24, 2.45) is 0 Å². The molecule has 1 fully saturated rings. The Bertz CT molecular complexity index is 297. The number of carbonyl (C=O) groups excluding carboxylic acids is 1. The van der Waals surface area contributed by atoms with E-state index in [-0.39, 0.29) is 12.5 Å². The molecule has 1 rings (SSSR count). The monoisotopic (exact) mass is 271 g/mol. The van der Waals surface area contributed by atoms with Gasteiger partial charge in [-0.25, -0.2) is 0 Å². The zero-order valence-corrected chi connectivity index (χ0v) is 11.7. The van der Waals surface area contributed by atoms with Gasteiger partial charge in [0, 0.05) is 26.2 Å². The molecule has 1 aliphatic heterocycles. The number of carboxylic acid groups (broad SMARTS) is 1. The summed E-state index contributed by atoms with van der Waals surface area (Å²) in [5.41, 5.74) is 0. The molecule has 1 heterocycles. The van der Waals surface area contributed by atoms with Crippen LogP contribution in [0.5, 0.6) is 0 Å². The summed E-state index contributed by atoms with van der Waals surface area (Å²) in [4.78, 5) is 26.4. The number of aliphatic carboxylic acids is 1. The molecule has 0 saturated carbocycles. The number of amides is 1. The first-order chi connectivity index (χ1) is 9.11. The van der Waals surface area contributed by atoms with E-state index in [0.717, 1.165) is 45.4 Å². The maximum atomic E-state index is 11.7. The fourth-order valence-electron chi connectivity index (χ4n) is 2.20. The third-order valence-corrected chi connectivity index (χ3v) is 3.26. The molecule has 0 aliphatic carbocycles. The van der Waals surface area contributed by atoms with Gasteiger partial charge in [-0.1, -0.05) is 13.3 Å². The number of rotatable bonds is 7. The van der Waals surface area contributed by atoms with Crippen LogP contribution < -0.4 is 5.32 Å². The van der Waals surface area contributed by atoms with Crippen molar-refractivity contribution < 1.29 is 14.7 Å². The van der Waals surface area contributed by atoms with Crippen LogP contribution in [0.1, 0.15) is 26.2 Å². The minimum absolute atomic E-state index is 0.0696. The summed E-state index contributed by atoms with van der Waals surface area (Å²) < 4.78 is 0. The fourth-order valence-corrected chi connectivity index (χ4v) is 2.20. The molecule has 0 atom stereocenters. The highest BCUT2D eigenvalue weighted by atomic mass is 16.4. The number of hydrogen-bond donors (Lipinski definition) is 2. The third kappa shape index (κ3) is 7.12. The average Bonchev–Trinajstić information content (AvgIpc) is 2.55. The van der Waals surface area contributed by atoms with Crippen LogP contribution in [0.4, 0.5) is 0 Å². The summed E-state index contributed by atoms with van der Waals surface area (Å²) in [6.45, 7) is 6.48. The molecular weight excluding hydrogens is 246 g/mol. The van der Waals surface area contributed by atoms with Crippen LogP contribution in [0.15, 0.2) is 0 Å². The summed E-state index contributed by atoms with van der Waals surface area (Å²) in [5, 5.41) is 11.7. The molecule has 0 unspecified atom stereocenters. The molecule has 1 amide bonds. The lowest BCUT2D eigenvalue weighted by molar-refractivity contribution is -0.138. The van der Waals surface area contributed by atoms with Crippen molar-refractivity contribution in [3.05, 3.63) is 0 Å². The Labute approximate surface area is 114 Å². The van der Waals surface area contributed by atoms with E-state index >= 15 is 0 Å². The van der Waals surface area contributed by atoms with Crippen LogP contribution >= 0.6 is 0 Å². The number of hydrogen-bond acceptors (Lipinski definition) is 4. The average molecular weight is 271 g/mol. The lowest BCUT2D eigenvalue weighted by atomic mass is 10.3.